The molecule has 1 nitrogen and oxygen atoms in total. The van der Waals surface area contributed by atoms with Crippen molar-refractivity contribution in [2.24, 2.45) is 17.8 Å². The molecule has 0 aliphatic heterocycles. The zero-order valence-electron chi connectivity index (χ0n) is 12.6. The molecule has 1 N–H and O–H groups in total. The van der Waals surface area contributed by atoms with Gasteiger partial charge in [0.05, 0.1) is 0 Å². The van der Waals surface area contributed by atoms with E-state index in [0.29, 0.717) is 12.0 Å². The summed E-state index contributed by atoms with van der Waals surface area (Å²) in [4.78, 5) is 1.48. The van der Waals surface area contributed by atoms with Gasteiger partial charge in [-0.2, -0.15) is 0 Å². The molecular formula is C17H27NS. The van der Waals surface area contributed by atoms with E-state index in [1.54, 1.807) is 5.57 Å². The summed E-state index contributed by atoms with van der Waals surface area (Å²) >= 11 is 1.87. The summed E-state index contributed by atoms with van der Waals surface area (Å²) in [7, 11) is 0. The molecule has 0 amide bonds. The van der Waals surface area contributed by atoms with Gasteiger partial charge in [0.1, 0.15) is 0 Å². The Kier molecular flexibility index (Phi) is 5.23. The van der Waals surface area contributed by atoms with Crippen LogP contribution in [0.25, 0.3) is 0 Å². The van der Waals surface area contributed by atoms with E-state index in [1.165, 1.54) is 17.7 Å². The summed E-state index contributed by atoms with van der Waals surface area (Å²) in [5, 5.41) is 6.00. The fourth-order valence-corrected chi connectivity index (χ4v) is 4.24. The van der Waals surface area contributed by atoms with Crippen LogP contribution in [0.3, 0.4) is 0 Å². The Balaban J connectivity index is 1.91. The minimum atomic E-state index is 0.515. The molecule has 3 atom stereocenters. The first-order valence-corrected chi connectivity index (χ1v) is 8.38. The SMILES string of the molecule is CC1=CC(C)CC(CNC(c2cccs2)C(C)C)C1. The topological polar surface area (TPSA) is 12.0 Å². The second-order valence-corrected chi connectivity index (χ2v) is 7.42. The molecule has 2 rings (SSSR count). The molecular weight excluding hydrogens is 250 g/mol. The Hall–Kier alpha value is -0.600. The Morgan fingerprint density at radius 3 is 2.79 bits per heavy atom. The van der Waals surface area contributed by atoms with Crippen LogP contribution in [-0.2, 0) is 0 Å². The molecule has 3 unspecified atom stereocenters. The molecule has 0 bridgehead atoms. The predicted octanol–water partition coefficient (Wildman–Crippen LogP) is 5.03. The Bertz CT molecular complexity index is 405. The van der Waals surface area contributed by atoms with Crippen LogP contribution in [0.5, 0.6) is 0 Å². The molecule has 1 aliphatic rings. The van der Waals surface area contributed by atoms with E-state index in [1.807, 2.05) is 11.3 Å². The quantitative estimate of drug-likeness (QED) is 0.745. The number of allylic oxidation sites excluding steroid dienone is 2. The summed E-state index contributed by atoms with van der Waals surface area (Å²) in [6, 6.07) is 4.94. The lowest BCUT2D eigenvalue weighted by molar-refractivity contribution is 0.333. The maximum Gasteiger partial charge on any atom is 0.0438 e. The third-order valence-electron chi connectivity index (χ3n) is 4.03. The van der Waals surface area contributed by atoms with Crippen molar-refractivity contribution in [2.45, 2.75) is 46.6 Å². The third kappa shape index (κ3) is 4.19. The van der Waals surface area contributed by atoms with Crippen LogP contribution in [0, 0.1) is 17.8 Å². The summed E-state index contributed by atoms with van der Waals surface area (Å²) in [6.45, 7) is 10.4. The van der Waals surface area contributed by atoms with E-state index in [4.69, 9.17) is 0 Å². The highest BCUT2D eigenvalue weighted by atomic mass is 32.1. The van der Waals surface area contributed by atoms with Gasteiger partial charge in [0.25, 0.3) is 0 Å². The average molecular weight is 277 g/mol. The van der Waals surface area contributed by atoms with E-state index in [2.05, 4.69) is 56.6 Å². The molecule has 1 aromatic rings. The standard InChI is InChI=1S/C17H27NS/c1-12(2)17(16-6-5-7-19-16)18-11-15-9-13(3)8-14(4)10-15/h5-8,12-13,15,17-18H,9-11H2,1-4H3. The van der Waals surface area contributed by atoms with Gasteiger partial charge in [0.2, 0.25) is 0 Å². The maximum absolute atomic E-state index is 3.82. The highest BCUT2D eigenvalue weighted by Gasteiger charge is 2.21. The first-order chi connectivity index (χ1) is 9.06. The van der Waals surface area contributed by atoms with Gasteiger partial charge in [0, 0.05) is 10.9 Å². The first kappa shape index (κ1) is 14.8. The van der Waals surface area contributed by atoms with Crippen molar-refractivity contribution in [2.75, 3.05) is 6.54 Å². The van der Waals surface area contributed by atoms with Crippen LogP contribution in [0.1, 0.15) is 51.5 Å². The summed E-state index contributed by atoms with van der Waals surface area (Å²) in [6.07, 6.45) is 5.04. The summed E-state index contributed by atoms with van der Waals surface area (Å²) in [5.41, 5.74) is 1.57. The number of hydrogen-bond acceptors (Lipinski definition) is 2. The van der Waals surface area contributed by atoms with Crippen molar-refractivity contribution in [3.05, 3.63) is 34.0 Å². The molecule has 2 heteroatoms. The first-order valence-electron chi connectivity index (χ1n) is 7.50. The lowest BCUT2D eigenvalue weighted by Crippen LogP contribution is -2.31. The predicted molar refractivity (Wildman–Crippen MR) is 85.5 cm³/mol. The normalized spacial score (nSPS) is 25.4. The minimum Gasteiger partial charge on any atom is -0.309 e. The number of thiophene rings is 1. The summed E-state index contributed by atoms with van der Waals surface area (Å²) < 4.78 is 0. The maximum atomic E-state index is 3.82. The molecule has 0 saturated heterocycles. The molecule has 0 saturated carbocycles. The van der Waals surface area contributed by atoms with E-state index < -0.39 is 0 Å². The molecule has 0 aromatic carbocycles. The second kappa shape index (κ2) is 6.71. The Labute approximate surface area is 122 Å². The largest absolute Gasteiger partial charge is 0.309 e. The molecule has 1 aliphatic carbocycles. The fraction of sp³-hybridized carbons (Fsp3) is 0.647. The summed E-state index contributed by atoms with van der Waals surface area (Å²) in [5.74, 6) is 2.21. The molecule has 1 aromatic heterocycles. The van der Waals surface area contributed by atoms with Gasteiger partial charge in [-0.3, -0.25) is 0 Å². The van der Waals surface area contributed by atoms with E-state index in [-0.39, 0.29) is 0 Å². The van der Waals surface area contributed by atoms with Gasteiger partial charge >= 0.3 is 0 Å². The second-order valence-electron chi connectivity index (χ2n) is 6.44. The number of nitrogens with one attached hydrogen (secondary N) is 1. The highest BCUT2D eigenvalue weighted by Crippen LogP contribution is 2.30. The number of hydrogen-bond donors (Lipinski definition) is 1. The zero-order valence-corrected chi connectivity index (χ0v) is 13.5. The van der Waals surface area contributed by atoms with Crippen molar-refractivity contribution in [3.8, 4) is 0 Å². The molecule has 0 fully saturated rings. The van der Waals surface area contributed by atoms with Crippen molar-refractivity contribution >= 4 is 11.3 Å². The fourth-order valence-electron chi connectivity index (χ4n) is 3.27. The minimum absolute atomic E-state index is 0.515. The molecule has 106 valence electrons. The third-order valence-corrected chi connectivity index (χ3v) is 4.98. The van der Waals surface area contributed by atoms with Crippen LogP contribution in [0.4, 0.5) is 0 Å². The van der Waals surface area contributed by atoms with Crippen molar-refractivity contribution in [1.29, 1.82) is 0 Å². The monoisotopic (exact) mass is 277 g/mol. The average Bonchev–Trinajstić information content (AvgIpc) is 2.81. The van der Waals surface area contributed by atoms with Gasteiger partial charge in [-0.15, -0.1) is 11.3 Å². The van der Waals surface area contributed by atoms with E-state index in [0.717, 1.165) is 18.4 Å². The zero-order chi connectivity index (χ0) is 13.8. The Morgan fingerprint density at radius 1 is 1.42 bits per heavy atom. The Morgan fingerprint density at radius 2 is 2.21 bits per heavy atom. The van der Waals surface area contributed by atoms with Crippen LogP contribution in [0.2, 0.25) is 0 Å². The highest BCUT2D eigenvalue weighted by molar-refractivity contribution is 7.10. The molecule has 19 heavy (non-hydrogen) atoms. The van der Waals surface area contributed by atoms with Crippen molar-refractivity contribution in [1.82, 2.24) is 5.32 Å². The van der Waals surface area contributed by atoms with Crippen LogP contribution < -0.4 is 5.32 Å². The molecule has 1 heterocycles. The van der Waals surface area contributed by atoms with Crippen LogP contribution in [0.15, 0.2) is 29.2 Å². The molecule has 0 radical (unpaired) electrons. The van der Waals surface area contributed by atoms with Gasteiger partial charge in [-0.1, -0.05) is 38.5 Å². The van der Waals surface area contributed by atoms with E-state index >= 15 is 0 Å². The van der Waals surface area contributed by atoms with Crippen LogP contribution >= 0.6 is 11.3 Å². The van der Waals surface area contributed by atoms with Gasteiger partial charge in [-0.25, -0.2) is 0 Å². The smallest absolute Gasteiger partial charge is 0.0438 e. The lowest BCUT2D eigenvalue weighted by atomic mass is 9.83. The number of rotatable bonds is 5. The van der Waals surface area contributed by atoms with Gasteiger partial charge in [0.15, 0.2) is 0 Å². The molecule has 0 spiro atoms. The lowest BCUT2D eigenvalue weighted by Gasteiger charge is -2.29. The van der Waals surface area contributed by atoms with E-state index in [9.17, 15) is 0 Å². The van der Waals surface area contributed by atoms with Crippen molar-refractivity contribution in [3.63, 3.8) is 0 Å². The van der Waals surface area contributed by atoms with Gasteiger partial charge in [-0.05, 0) is 55.5 Å². The van der Waals surface area contributed by atoms with Crippen LogP contribution in [-0.4, -0.2) is 6.54 Å². The van der Waals surface area contributed by atoms with Gasteiger partial charge < -0.3 is 5.32 Å². The van der Waals surface area contributed by atoms with Crippen molar-refractivity contribution < 1.29 is 0 Å².